The lowest BCUT2D eigenvalue weighted by Crippen LogP contribution is -2.59. The van der Waals surface area contributed by atoms with Crippen molar-refractivity contribution in [3.8, 4) is 0 Å². The summed E-state index contributed by atoms with van der Waals surface area (Å²) in [6.07, 6.45) is 8.24. The molecule has 6 nitrogen and oxygen atoms in total. The first-order valence-corrected chi connectivity index (χ1v) is 11.2. The first-order chi connectivity index (χ1) is 11.4. The quantitative estimate of drug-likeness (QED) is 0.751. The van der Waals surface area contributed by atoms with E-state index in [1.165, 1.54) is 31.9 Å². The predicted molar refractivity (Wildman–Crippen MR) is 94.6 cm³/mol. The van der Waals surface area contributed by atoms with E-state index in [4.69, 9.17) is 0 Å². The molecule has 1 amide bonds. The molecule has 1 aliphatic carbocycles. The van der Waals surface area contributed by atoms with Crippen LogP contribution in [0.2, 0.25) is 0 Å². The fourth-order valence-corrected chi connectivity index (χ4v) is 5.93. The lowest BCUT2D eigenvalue weighted by Gasteiger charge is -2.35. The molecule has 2 heterocycles. The van der Waals surface area contributed by atoms with Crippen LogP contribution in [0.3, 0.4) is 0 Å². The van der Waals surface area contributed by atoms with Crippen molar-refractivity contribution in [1.82, 2.24) is 15.5 Å². The molecule has 0 aromatic rings. The molecule has 1 saturated carbocycles. The number of carbonyl (C=O) groups is 1. The van der Waals surface area contributed by atoms with Gasteiger partial charge in [0.15, 0.2) is 14.6 Å². The van der Waals surface area contributed by atoms with E-state index in [0.29, 0.717) is 25.9 Å². The summed E-state index contributed by atoms with van der Waals surface area (Å²) in [7, 11) is -3.43. The summed E-state index contributed by atoms with van der Waals surface area (Å²) in [5.74, 6) is 0.533. The van der Waals surface area contributed by atoms with Crippen LogP contribution in [0.5, 0.6) is 0 Å². The Morgan fingerprint density at radius 1 is 1.21 bits per heavy atom. The van der Waals surface area contributed by atoms with E-state index in [9.17, 15) is 13.2 Å². The Morgan fingerprint density at radius 3 is 2.50 bits per heavy atom. The lowest BCUT2D eigenvalue weighted by atomic mass is 9.95. The SMILES string of the molecule is CS(=O)(=O)C1(C(=O)NC2CCN(CC3CCCC3)C2)CCNCC1. The third kappa shape index (κ3) is 3.78. The third-order valence-corrected chi connectivity index (χ3v) is 8.15. The summed E-state index contributed by atoms with van der Waals surface area (Å²) in [6.45, 7) is 4.17. The molecule has 0 bridgehead atoms. The Balaban J connectivity index is 1.57. The highest BCUT2D eigenvalue weighted by atomic mass is 32.2. The predicted octanol–water partition coefficient (Wildman–Crippen LogP) is 0.534. The van der Waals surface area contributed by atoms with Gasteiger partial charge in [-0.2, -0.15) is 0 Å². The fraction of sp³-hybridized carbons (Fsp3) is 0.941. The normalized spacial score (nSPS) is 29.0. The van der Waals surface area contributed by atoms with Crippen LogP contribution in [-0.4, -0.2) is 69.0 Å². The summed E-state index contributed by atoms with van der Waals surface area (Å²) in [6, 6.07) is 0.0902. The van der Waals surface area contributed by atoms with Gasteiger partial charge in [-0.05, 0) is 51.1 Å². The van der Waals surface area contributed by atoms with Gasteiger partial charge in [0.05, 0.1) is 0 Å². The standard InChI is InChI=1S/C17H31N3O3S/c1-24(22,23)17(7-9-18-10-8-17)16(21)19-15-6-11-20(13-15)12-14-4-2-3-5-14/h14-15,18H,2-13H2,1H3,(H,19,21). The van der Waals surface area contributed by atoms with Crippen molar-refractivity contribution in [1.29, 1.82) is 0 Å². The first kappa shape index (κ1) is 18.1. The molecule has 1 unspecified atom stereocenters. The maximum absolute atomic E-state index is 12.8. The Hall–Kier alpha value is -0.660. The van der Waals surface area contributed by atoms with Gasteiger partial charge in [0, 0.05) is 31.9 Å². The van der Waals surface area contributed by atoms with Crippen molar-refractivity contribution in [2.24, 2.45) is 5.92 Å². The molecule has 0 radical (unpaired) electrons. The summed E-state index contributed by atoms with van der Waals surface area (Å²) in [5.41, 5.74) is 0. The highest BCUT2D eigenvalue weighted by Gasteiger charge is 2.49. The molecular weight excluding hydrogens is 326 g/mol. The second kappa shape index (κ2) is 7.30. The van der Waals surface area contributed by atoms with Gasteiger partial charge in [-0.1, -0.05) is 12.8 Å². The summed E-state index contributed by atoms with van der Waals surface area (Å²) < 4.78 is 23.4. The number of likely N-dealkylation sites (tertiary alicyclic amines) is 1. The van der Waals surface area contributed by atoms with E-state index < -0.39 is 14.6 Å². The molecule has 3 fully saturated rings. The number of nitrogens with zero attached hydrogens (tertiary/aromatic N) is 1. The van der Waals surface area contributed by atoms with E-state index in [-0.39, 0.29) is 11.9 Å². The highest BCUT2D eigenvalue weighted by molar-refractivity contribution is 7.92. The smallest absolute Gasteiger partial charge is 0.241 e. The van der Waals surface area contributed by atoms with Crippen LogP contribution in [0.4, 0.5) is 0 Å². The van der Waals surface area contributed by atoms with Gasteiger partial charge in [-0.3, -0.25) is 4.79 Å². The van der Waals surface area contributed by atoms with Crippen LogP contribution in [0.1, 0.15) is 44.9 Å². The number of hydrogen-bond acceptors (Lipinski definition) is 5. The summed E-state index contributed by atoms with van der Waals surface area (Å²) >= 11 is 0. The number of sulfone groups is 1. The molecule has 2 N–H and O–H groups in total. The largest absolute Gasteiger partial charge is 0.351 e. The molecule has 7 heteroatoms. The third-order valence-electron chi connectivity index (χ3n) is 6.13. The second-order valence-electron chi connectivity index (χ2n) is 7.89. The van der Waals surface area contributed by atoms with Gasteiger partial charge >= 0.3 is 0 Å². The van der Waals surface area contributed by atoms with E-state index in [0.717, 1.165) is 32.0 Å². The van der Waals surface area contributed by atoms with E-state index in [1.54, 1.807) is 0 Å². The van der Waals surface area contributed by atoms with Crippen LogP contribution in [0, 0.1) is 5.92 Å². The lowest BCUT2D eigenvalue weighted by molar-refractivity contribution is -0.125. The zero-order chi connectivity index (χ0) is 17.2. The van der Waals surface area contributed by atoms with Gasteiger partial charge in [0.1, 0.15) is 0 Å². The van der Waals surface area contributed by atoms with Crippen LogP contribution in [0.25, 0.3) is 0 Å². The number of nitrogens with one attached hydrogen (secondary N) is 2. The Labute approximate surface area is 145 Å². The molecule has 2 aliphatic heterocycles. The van der Waals surface area contributed by atoms with Crippen molar-refractivity contribution < 1.29 is 13.2 Å². The van der Waals surface area contributed by atoms with Crippen molar-refractivity contribution in [2.45, 2.75) is 55.7 Å². The van der Waals surface area contributed by atoms with E-state index in [2.05, 4.69) is 15.5 Å². The average Bonchev–Trinajstić information content (AvgIpc) is 3.19. The Kier molecular flexibility index (Phi) is 5.52. The summed E-state index contributed by atoms with van der Waals surface area (Å²) in [5, 5.41) is 6.22. The Bertz CT molecular complexity index is 551. The van der Waals surface area contributed by atoms with Crippen LogP contribution in [0.15, 0.2) is 0 Å². The zero-order valence-electron chi connectivity index (χ0n) is 14.7. The van der Waals surface area contributed by atoms with Gasteiger partial charge in [-0.25, -0.2) is 8.42 Å². The van der Waals surface area contributed by atoms with Gasteiger partial charge in [-0.15, -0.1) is 0 Å². The maximum atomic E-state index is 12.8. The molecule has 24 heavy (non-hydrogen) atoms. The monoisotopic (exact) mass is 357 g/mol. The zero-order valence-corrected chi connectivity index (χ0v) is 15.5. The average molecular weight is 358 g/mol. The van der Waals surface area contributed by atoms with Crippen LogP contribution < -0.4 is 10.6 Å². The maximum Gasteiger partial charge on any atom is 0.241 e. The van der Waals surface area contributed by atoms with Gasteiger partial charge < -0.3 is 15.5 Å². The Morgan fingerprint density at radius 2 is 1.88 bits per heavy atom. The molecule has 2 saturated heterocycles. The van der Waals surface area contributed by atoms with Gasteiger partial charge in [0.25, 0.3) is 0 Å². The first-order valence-electron chi connectivity index (χ1n) is 9.34. The van der Waals surface area contributed by atoms with Crippen molar-refractivity contribution in [3.63, 3.8) is 0 Å². The molecule has 0 spiro atoms. The molecule has 1 atom stereocenters. The second-order valence-corrected chi connectivity index (χ2v) is 10.2. The van der Waals surface area contributed by atoms with Crippen molar-refractivity contribution in [3.05, 3.63) is 0 Å². The number of rotatable bonds is 5. The molecule has 3 aliphatic rings. The number of amides is 1. The van der Waals surface area contributed by atoms with Crippen molar-refractivity contribution >= 4 is 15.7 Å². The number of hydrogen-bond donors (Lipinski definition) is 2. The number of carbonyl (C=O) groups excluding carboxylic acids is 1. The molecule has 138 valence electrons. The van der Waals surface area contributed by atoms with Crippen LogP contribution >= 0.6 is 0 Å². The molecule has 0 aromatic carbocycles. The van der Waals surface area contributed by atoms with Crippen LogP contribution in [-0.2, 0) is 14.6 Å². The van der Waals surface area contributed by atoms with Gasteiger partial charge in [0.2, 0.25) is 5.91 Å². The highest BCUT2D eigenvalue weighted by Crippen LogP contribution is 2.29. The summed E-state index contributed by atoms with van der Waals surface area (Å²) in [4.78, 5) is 15.3. The number of piperidine rings is 1. The topological polar surface area (TPSA) is 78.5 Å². The molecule has 3 rings (SSSR count). The molecule has 0 aromatic heterocycles. The van der Waals surface area contributed by atoms with E-state index >= 15 is 0 Å². The molecular formula is C17H31N3O3S. The minimum absolute atomic E-state index is 0.0902. The van der Waals surface area contributed by atoms with Crippen molar-refractivity contribution in [2.75, 3.05) is 39.0 Å². The minimum atomic E-state index is -3.43. The minimum Gasteiger partial charge on any atom is -0.351 e. The fourth-order valence-electron chi connectivity index (χ4n) is 4.59. The van der Waals surface area contributed by atoms with E-state index in [1.807, 2.05) is 0 Å².